The van der Waals surface area contributed by atoms with E-state index in [4.69, 9.17) is 22.4 Å². The van der Waals surface area contributed by atoms with E-state index in [0.717, 1.165) is 11.1 Å². The average Bonchev–Trinajstić information content (AvgIpc) is 2.41. The van der Waals surface area contributed by atoms with E-state index in [-0.39, 0.29) is 24.6 Å². The van der Waals surface area contributed by atoms with Crippen LogP contribution in [0.4, 0.5) is 4.39 Å². The minimum atomic E-state index is -0.911. The van der Waals surface area contributed by atoms with Gasteiger partial charge in [-0.25, -0.2) is 4.39 Å². The topological polar surface area (TPSA) is 63.3 Å². The van der Waals surface area contributed by atoms with Gasteiger partial charge in [0, 0.05) is 16.6 Å². The molecule has 0 aromatic heterocycles. The molecule has 1 unspecified atom stereocenters. The van der Waals surface area contributed by atoms with Gasteiger partial charge in [-0.3, -0.25) is 4.79 Å². The molecule has 3 N–H and O–H groups in total. The lowest BCUT2D eigenvalue weighted by Gasteiger charge is -2.10. The van der Waals surface area contributed by atoms with Gasteiger partial charge < -0.3 is 10.8 Å². The van der Waals surface area contributed by atoms with Gasteiger partial charge in [-0.2, -0.15) is 0 Å². The highest BCUT2D eigenvalue weighted by molar-refractivity contribution is 6.33. The molecular weight excluding hydrogens is 328 g/mol. The number of carboxylic acids is 1. The number of benzene rings is 2. The number of hydrogen-bond acceptors (Lipinski definition) is 2. The molecule has 0 saturated carbocycles. The third kappa shape index (κ3) is 4.98. The van der Waals surface area contributed by atoms with Gasteiger partial charge in [-0.15, -0.1) is 12.4 Å². The van der Waals surface area contributed by atoms with E-state index in [1.54, 1.807) is 0 Å². The second-order valence-electron chi connectivity index (χ2n) is 4.88. The summed E-state index contributed by atoms with van der Waals surface area (Å²) < 4.78 is 13.3. The predicted molar refractivity (Wildman–Crippen MR) is 88.0 cm³/mol. The Hall–Kier alpha value is -1.62. The van der Waals surface area contributed by atoms with E-state index in [2.05, 4.69) is 0 Å². The summed E-state index contributed by atoms with van der Waals surface area (Å²) in [6, 6.07) is 11.1. The predicted octanol–water partition coefficient (Wildman–Crippen LogP) is 3.91. The number of rotatable bonds is 5. The smallest absolute Gasteiger partial charge is 0.304 e. The molecule has 2 aromatic rings. The molecule has 0 saturated heterocycles. The number of carbonyl (C=O) groups is 1. The van der Waals surface area contributed by atoms with Crippen LogP contribution < -0.4 is 5.73 Å². The standard InChI is InChI=1S/C16H15ClFNO2.ClH/c17-15-6-5-12(18)8-14(15)11-3-1-10(2-4-11)7-13(19)9-16(20)21;/h1-6,8,13H,7,9,19H2,(H,20,21);1H. The van der Waals surface area contributed by atoms with Crippen molar-refractivity contribution in [1.29, 1.82) is 0 Å². The third-order valence-corrected chi connectivity index (χ3v) is 3.46. The first-order valence-corrected chi connectivity index (χ1v) is 6.85. The highest BCUT2D eigenvalue weighted by Gasteiger charge is 2.10. The molecule has 2 aromatic carbocycles. The van der Waals surface area contributed by atoms with Gasteiger partial charge in [0.25, 0.3) is 0 Å². The molecule has 0 aliphatic carbocycles. The minimum absolute atomic E-state index is 0. The van der Waals surface area contributed by atoms with E-state index < -0.39 is 12.0 Å². The van der Waals surface area contributed by atoms with Crippen LogP contribution in [0.25, 0.3) is 11.1 Å². The SMILES string of the molecule is Cl.NC(CC(=O)O)Cc1ccc(-c2cc(F)ccc2Cl)cc1. The number of hydrogen-bond donors (Lipinski definition) is 2. The van der Waals surface area contributed by atoms with E-state index in [1.165, 1.54) is 18.2 Å². The van der Waals surface area contributed by atoms with Crippen molar-refractivity contribution in [3.63, 3.8) is 0 Å². The fourth-order valence-electron chi connectivity index (χ4n) is 2.14. The fraction of sp³-hybridized carbons (Fsp3) is 0.188. The van der Waals surface area contributed by atoms with Gasteiger partial charge in [-0.1, -0.05) is 35.9 Å². The fourth-order valence-corrected chi connectivity index (χ4v) is 2.36. The second kappa shape index (κ2) is 8.13. The monoisotopic (exact) mass is 343 g/mol. The summed E-state index contributed by atoms with van der Waals surface area (Å²) in [5.74, 6) is -1.26. The van der Waals surface area contributed by atoms with Crippen LogP contribution in [-0.4, -0.2) is 17.1 Å². The molecule has 3 nitrogen and oxygen atoms in total. The summed E-state index contributed by atoms with van der Waals surface area (Å²) >= 11 is 6.06. The first-order valence-electron chi connectivity index (χ1n) is 6.47. The largest absolute Gasteiger partial charge is 0.481 e. The first-order chi connectivity index (χ1) is 9.95. The quantitative estimate of drug-likeness (QED) is 0.864. The Morgan fingerprint density at radius 1 is 1.23 bits per heavy atom. The van der Waals surface area contributed by atoms with Crippen LogP contribution in [0.3, 0.4) is 0 Å². The van der Waals surface area contributed by atoms with Crippen molar-refractivity contribution in [3.05, 3.63) is 58.9 Å². The number of aliphatic carboxylic acids is 1. The highest BCUT2D eigenvalue weighted by atomic mass is 35.5. The zero-order valence-electron chi connectivity index (χ0n) is 11.6. The van der Waals surface area contributed by atoms with Gasteiger partial charge in [0.1, 0.15) is 5.82 Å². The van der Waals surface area contributed by atoms with Crippen LogP contribution in [-0.2, 0) is 11.2 Å². The van der Waals surface area contributed by atoms with E-state index in [9.17, 15) is 9.18 Å². The maximum atomic E-state index is 13.3. The normalized spacial score (nSPS) is 11.6. The van der Waals surface area contributed by atoms with Gasteiger partial charge in [-0.05, 0) is 35.7 Å². The summed E-state index contributed by atoms with van der Waals surface area (Å²) in [7, 11) is 0. The zero-order valence-corrected chi connectivity index (χ0v) is 13.2. The molecule has 0 fully saturated rings. The molecule has 118 valence electrons. The lowest BCUT2D eigenvalue weighted by molar-refractivity contribution is -0.137. The second-order valence-corrected chi connectivity index (χ2v) is 5.29. The van der Waals surface area contributed by atoms with E-state index in [0.29, 0.717) is 17.0 Å². The summed E-state index contributed by atoms with van der Waals surface area (Å²) in [5.41, 5.74) is 8.10. The first kappa shape index (κ1) is 18.4. The van der Waals surface area contributed by atoms with Crippen molar-refractivity contribution in [2.24, 2.45) is 5.73 Å². The number of halogens is 3. The van der Waals surface area contributed by atoms with Gasteiger partial charge in [0.2, 0.25) is 0 Å². The van der Waals surface area contributed by atoms with Crippen LogP contribution in [0.15, 0.2) is 42.5 Å². The lowest BCUT2D eigenvalue weighted by Crippen LogP contribution is -2.26. The molecule has 0 heterocycles. The Morgan fingerprint density at radius 3 is 2.45 bits per heavy atom. The maximum Gasteiger partial charge on any atom is 0.304 e. The van der Waals surface area contributed by atoms with Crippen molar-refractivity contribution in [3.8, 4) is 11.1 Å². The van der Waals surface area contributed by atoms with E-state index in [1.807, 2.05) is 24.3 Å². The Kier molecular flexibility index (Phi) is 6.81. The van der Waals surface area contributed by atoms with Crippen molar-refractivity contribution in [1.82, 2.24) is 0 Å². The molecule has 22 heavy (non-hydrogen) atoms. The van der Waals surface area contributed by atoms with Crippen LogP contribution in [0.2, 0.25) is 5.02 Å². The van der Waals surface area contributed by atoms with Gasteiger partial charge >= 0.3 is 5.97 Å². The Balaban J connectivity index is 0.00000242. The van der Waals surface area contributed by atoms with Crippen molar-refractivity contribution in [2.45, 2.75) is 18.9 Å². The van der Waals surface area contributed by atoms with Crippen molar-refractivity contribution >= 4 is 30.0 Å². The van der Waals surface area contributed by atoms with Gasteiger partial charge in [0.05, 0.1) is 6.42 Å². The number of nitrogens with two attached hydrogens (primary N) is 1. The maximum absolute atomic E-state index is 13.3. The molecule has 0 aliphatic heterocycles. The Labute approximate surface area is 139 Å². The van der Waals surface area contributed by atoms with Crippen LogP contribution in [0.1, 0.15) is 12.0 Å². The van der Waals surface area contributed by atoms with Crippen molar-refractivity contribution < 1.29 is 14.3 Å². The highest BCUT2D eigenvalue weighted by Crippen LogP contribution is 2.28. The van der Waals surface area contributed by atoms with Crippen LogP contribution in [0.5, 0.6) is 0 Å². The van der Waals surface area contributed by atoms with Crippen molar-refractivity contribution in [2.75, 3.05) is 0 Å². The molecule has 0 bridgehead atoms. The molecule has 6 heteroatoms. The minimum Gasteiger partial charge on any atom is -0.481 e. The molecule has 2 rings (SSSR count). The lowest BCUT2D eigenvalue weighted by atomic mass is 10.00. The molecular formula is C16H16Cl2FNO2. The Bertz CT molecular complexity index is 647. The third-order valence-electron chi connectivity index (χ3n) is 3.13. The Morgan fingerprint density at radius 2 is 1.86 bits per heavy atom. The molecule has 0 spiro atoms. The van der Waals surface area contributed by atoms with Gasteiger partial charge in [0.15, 0.2) is 0 Å². The van der Waals surface area contributed by atoms with Crippen LogP contribution in [0, 0.1) is 5.82 Å². The molecule has 0 radical (unpaired) electrons. The zero-order chi connectivity index (χ0) is 15.4. The average molecular weight is 344 g/mol. The number of carboxylic acid groups (broad SMARTS) is 1. The summed E-state index contributed by atoms with van der Waals surface area (Å²) in [5, 5.41) is 9.16. The van der Waals surface area contributed by atoms with E-state index >= 15 is 0 Å². The summed E-state index contributed by atoms with van der Waals surface area (Å²) in [6.07, 6.45) is 0.404. The summed E-state index contributed by atoms with van der Waals surface area (Å²) in [4.78, 5) is 10.6. The van der Waals surface area contributed by atoms with Crippen LogP contribution >= 0.6 is 24.0 Å². The molecule has 0 amide bonds. The molecule has 0 aliphatic rings. The summed E-state index contributed by atoms with van der Waals surface area (Å²) in [6.45, 7) is 0. The molecule has 1 atom stereocenters.